The van der Waals surface area contributed by atoms with Crippen LogP contribution in [0, 0.1) is 5.92 Å². The number of benzene rings is 1. The first-order valence-electron chi connectivity index (χ1n) is 9.40. The van der Waals surface area contributed by atoms with E-state index in [9.17, 15) is 4.79 Å². The van der Waals surface area contributed by atoms with E-state index in [1.54, 1.807) is 18.0 Å². The zero-order valence-electron chi connectivity index (χ0n) is 15.7. The molecule has 2 atom stereocenters. The van der Waals surface area contributed by atoms with Crippen LogP contribution in [0.15, 0.2) is 54.9 Å². The van der Waals surface area contributed by atoms with E-state index >= 15 is 0 Å². The molecule has 4 rings (SSSR count). The molecule has 3 heterocycles. The third kappa shape index (κ3) is 5.63. The molecule has 0 bridgehead atoms. The first kappa shape index (κ1) is 23.0. The minimum absolute atomic E-state index is 0. The lowest BCUT2D eigenvalue weighted by Gasteiger charge is -2.33. The second-order valence-electron chi connectivity index (χ2n) is 7.18. The summed E-state index contributed by atoms with van der Waals surface area (Å²) in [6.07, 6.45) is 7.00. The maximum absolute atomic E-state index is 12.9. The van der Waals surface area contributed by atoms with Gasteiger partial charge in [-0.3, -0.25) is 15.1 Å². The molecule has 0 aliphatic carbocycles. The lowest BCUT2D eigenvalue weighted by atomic mass is 9.90. The predicted molar refractivity (Wildman–Crippen MR) is 120 cm³/mol. The Morgan fingerprint density at radius 3 is 2.54 bits per heavy atom. The van der Waals surface area contributed by atoms with Crippen molar-refractivity contribution in [3.63, 3.8) is 0 Å². The van der Waals surface area contributed by atoms with Crippen LogP contribution in [-0.2, 0) is 11.2 Å². The number of likely N-dealkylation sites (tertiary alicyclic amines) is 1. The van der Waals surface area contributed by atoms with Crippen molar-refractivity contribution in [1.82, 2.24) is 15.2 Å². The number of carbonyl (C=O) groups is 1. The summed E-state index contributed by atoms with van der Waals surface area (Å²) in [5.74, 6) is 1.79. The van der Waals surface area contributed by atoms with Crippen molar-refractivity contribution in [1.29, 1.82) is 0 Å². The molecule has 7 heteroatoms. The van der Waals surface area contributed by atoms with Crippen molar-refractivity contribution in [3.8, 4) is 0 Å². The van der Waals surface area contributed by atoms with Crippen LogP contribution in [0.4, 0.5) is 0 Å². The Hall–Kier alpha value is -1.27. The number of thioether (sulfide) groups is 1. The van der Waals surface area contributed by atoms with Crippen molar-refractivity contribution in [2.45, 2.75) is 30.7 Å². The number of nitrogens with zero attached hydrogens (tertiary/aromatic N) is 2. The number of pyridine rings is 1. The van der Waals surface area contributed by atoms with Gasteiger partial charge in [-0.15, -0.1) is 36.6 Å². The van der Waals surface area contributed by atoms with Crippen molar-refractivity contribution in [2.24, 2.45) is 5.92 Å². The Morgan fingerprint density at radius 1 is 1.11 bits per heavy atom. The van der Waals surface area contributed by atoms with Crippen LogP contribution in [0.3, 0.4) is 0 Å². The van der Waals surface area contributed by atoms with E-state index in [1.165, 1.54) is 5.56 Å². The summed E-state index contributed by atoms with van der Waals surface area (Å²) in [5.41, 5.74) is 2.56. The average Bonchev–Trinajstić information content (AvgIpc) is 3.20. The van der Waals surface area contributed by atoms with Crippen molar-refractivity contribution < 1.29 is 4.79 Å². The number of halogens is 2. The topological polar surface area (TPSA) is 45.2 Å². The van der Waals surface area contributed by atoms with E-state index in [4.69, 9.17) is 0 Å². The fraction of sp³-hybridized carbons (Fsp3) is 0.429. The molecule has 0 radical (unpaired) electrons. The van der Waals surface area contributed by atoms with E-state index in [1.807, 2.05) is 12.3 Å². The first-order chi connectivity index (χ1) is 12.8. The van der Waals surface area contributed by atoms with Crippen LogP contribution < -0.4 is 5.32 Å². The van der Waals surface area contributed by atoms with Crippen LogP contribution in [0.25, 0.3) is 0 Å². The van der Waals surface area contributed by atoms with Crippen LogP contribution in [0.1, 0.15) is 29.3 Å². The lowest BCUT2D eigenvalue weighted by molar-refractivity contribution is -0.134. The van der Waals surface area contributed by atoms with E-state index in [-0.39, 0.29) is 42.1 Å². The SMILES string of the molecule is Cl.Cl.O=C(C1CSC(c2cccnc2)N1)N1CCC(Cc2ccccc2)CC1. The number of hydrogen-bond donors (Lipinski definition) is 1. The van der Waals surface area contributed by atoms with E-state index in [0.717, 1.165) is 43.7 Å². The van der Waals surface area contributed by atoms with E-state index in [0.29, 0.717) is 5.92 Å². The van der Waals surface area contributed by atoms with Crippen LogP contribution >= 0.6 is 36.6 Å². The number of aromatic nitrogens is 1. The molecule has 4 nitrogen and oxygen atoms in total. The Balaban J connectivity index is 0.00000140. The quantitative estimate of drug-likeness (QED) is 0.778. The standard InChI is InChI=1S/C21H25N3OS.2ClH/c25-21(19-15-26-20(23-19)18-7-4-10-22-14-18)24-11-8-17(9-12-24)13-16-5-2-1-3-6-16;;/h1-7,10,14,17,19-20,23H,8-9,11-13,15H2;2*1H. The average molecular weight is 440 g/mol. The normalized spacial score (nSPS) is 22.2. The van der Waals surface area contributed by atoms with Crippen LogP contribution in [0.2, 0.25) is 0 Å². The molecular weight excluding hydrogens is 413 g/mol. The molecule has 1 aromatic carbocycles. The van der Waals surface area contributed by atoms with Gasteiger partial charge in [0, 0.05) is 31.2 Å². The molecule has 152 valence electrons. The highest BCUT2D eigenvalue weighted by Crippen LogP contribution is 2.33. The minimum atomic E-state index is -0.0733. The van der Waals surface area contributed by atoms with Crippen molar-refractivity contribution in [3.05, 3.63) is 66.0 Å². The number of nitrogens with one attached hydrogen (secondary N) is 1. The van der Waals surface area contributed by atoms with E-state index in [2.05, 4.69) is 51.6 Å². The molecular formula is C21H27Cl2N3OS. The highest BCUT2D eigenvalue weighted by molar-refractivity contribution is 7.99. The molecule has 2 fully saturated rings. The van der Waals surface area contributed by atoms with Crippen LogP contribution in [0.5, 0.6) is 0 Å². The second kappa shape index (κ2) is 11.1. The highest BCUT2D eigenvalue weighted by atomic mass is 35.5. The van der Waals surface area contributed by atoms with Gasteiger partial charge in [0.2, 0.25) is 5.91 Å². The van der Waals surface area contributed by atoms with Gasteiger partial charge in [-0.05, 0) is 42.4 Å². The fourth-order valence-corrected chi connectivity index (χ4v) is 5.08. The van der Waals surface area contributed by atoms with Gasteiger partial charge in [-0.2, -0.15) is 0 Å². The summed E-state index contributed by atoms with van der Waals surface area (Å²) in [6, 6.07) is 14.6. The summed E-state index contributed by atoms with van der Waals surface area (Å²) in [6.45, 7) is 1.77. The fourth-order valence-electron chi connectivity index (χ4n) is 3.86. The first-order valence-corrected chi connectivity index (χ1v) is 10.4. The number of hydrogen-bond acceptors (Lipinski definition) is 4. The summed E-state index contributed by atoms with van der Waals surface area (Å²) < 4.78 is 0. The van der Waals surface area contributed by atoms with Gasteiger partial charge >= 0.3 is 0 Å². The Morgan fingerprint density at radius 2 is 1.86 bits per heavy atom. The summed E-state index contributed by atoms with van der Waals surface area (Å²) in [7, 11) is 0. The molecule has 2 aliphatic rings. The maximum Gasteiger partial charge on any atom is 0.240 e. The lowest BCUT2D eigenvalue weighted by Crippen LogP contribution is -2.48. The molecule has 1 aromatic heterocycles. The molecule has 0 spiro atoms. The highest BCUT2D eigenvalue weighted by Gasteiger charge is 2.34. The molecule has 0 saturated carbocycles. The van der Waals surface area contributed by atoms with Gasteiger partial charge in [0.1, 0.15) is 0 Å². The van der Waals surface area contributed by atoms with Gasteiger partial charge in [0.25, 0.3) is 0 Å². The second-order valence-corrected chi connectivity index (χ2v) is 8.32. The predicted octanol–water partition coefficient (Wildman–Crippen LogP) is 4.11. The summed E-state index contributed by atoms with van der Waals surface area (Å²) >= 11 is 1.80. The van der Waals surface area contributed by atoms with Gasteiger partial charge in [0.15, 0.2) is 0 Å². The van der Waals surface area contributed by atoms with Gasteiger partial charge < -0.3 is 4.90 Å². The van der Waals surface area contributed by atoms with Gasteiger partial charge in [0.05, 0.1) is 11.4 Å². The summed E-state index contributed by atoms with van der Waals surface area (Å²) in [5, 5.41) is 3.66. The molecule has 1 amide bonds. The number of amides is 1. The number of piperidine rings is 1. The molecule has 2 unspecified atom stereocenters. The molecule has 2 aromatic rings. The minimum Gasteiger partial charge on any atom is -0.341 e. The van der Waals surface area contributed by atoms with E-state index < -0.39 is 0 Å². The molecule has 2 aliphatic heterocycles. The maximum atomic E-state index is 12.9. The largest absolute Gasteiger partial charge is 0.341 e. The summed E-state index contributed by atoms with van der Waals surface area (Å²) in [4.78, 5) is 19.1. The molecule has 28 heavy (non-hydrogen) atoms. The van der Waals surface area contributed by atoms with Crippen molar-refractivity contribution in [2.75, 3.05) is 18.8 Å². The Labute approximate surface area is 183 Å². The van der Waals surface area contributed by atoms with Gasteiger partial charge in [-0.25, -0.2) is 0 Å². The third-order valence-electron chi connectivity index (χ3n) is 5.36. The van der Waals surface area contributed by atoms with Crippen molar-refractivity contribution >= 4 is 42.5 Å². The zero-order valence-corrected chi connectivity index (χ0v) is 18.1. The number of rotatable bonds is 4. The number of carbonyl (C=O) groups excluding carboxylic acids is 1. The third-order valence-corrected chi connectivity index (χ3v) is 6.63. The zero-order chi connectivity index (χ0) is 17.8. The monoisotopic (exact) mass is 439 g/mol. The molecule has 1 N–H and O–H groups in total. The van der Waals surface area contributed by atoms with Crippen LogP contribution in [-0.4, -0.2) is 40.7 Å². The van der Waals surface area contributed by atoms with Gasteiger partial charge in [-0.1, -0.05) is 36.4 Å². The Bertz CT molecular complexity index is 727. The Kier molecular flexibility index (Phi) is 9.09. The smallest absolute Gasteiger partial charge is 0.240 e. The molecule has 2 saturated heterocycles.